The maximum Gasteiger partial charge on any atom is 0.272 e. The molecule has 0 atom stereocenters. The molecule has 0 unspecified atom stereocenters. The number of aryl methyl sites for hydroxylation is 3. The lowest BCUT2D eigenvalue weighted by Gasteiger charge is -2.37. The molecule has 27 heavy (non-hydrogen) atoms. The summed E-state index contributed by atoms with van der Waals surface area (Å²) in [6.07, 6.45) is 1.95. The summed E-state index contributed by atoms with van der Waals surface area (Å²) in [5.74, 6) is 0.0736. The van der Waals surface area contributed by atoms with E-state index in [9.17, 15) is 4.79 Å². The van der Waals surface area contributed by atoms with Crippen LogP contribution in [0.4, 0.5) is 5.69 Å². The molecule has 0 saturated carbocycles. The monoisotopic (exact) mass is 362 g/mol. The van der Waals surface area contributed by atoms with Crippen LogP contribution in [-0.2, 0) is 0 Å². The molecular formula is C22H26N4O. The molecule has 5 heteroatoms. The molecule has 3 heterocycles. The van der Waals surface area contributed by atoms with Gasteiger partial charge in [-0.2, -0.15) is 0 Å². The van der Waals surface area contributed by atoms with Gasteiger partial charge in [0.1, 0.15) is 11.3 Å². The Morgan fingerprint density at radius 1 is 1.00 bits per heavy atom. The van der Waals surface area contributed by atoms with Crippen molar-refractivity contribution in [2.45, 2.75) is 27.7 Å². The van der Waals surface area contributed by atoms with Crippen LogP contribution in [0.25, 0.3) is 5.65 Å². The van der Waals surface area contributed by atoms with E-state index in [1.807, 2.05) is 41.5 Å². The highest BCUT2D eigenvalue weighted by Crippen LogP contribution is 2.24. The van der Waals surface area contributed by atoms with E-state index < -0.39 is 0 Å². The maximum absolute atomic E-state index is 13.2. The third-order valence-corrected chi connectivity index (χ3v) is 5.64. The van der Waals surface area contributed by atoms with Crippen LogP contribution in [0.1, 0.15) is 32.9 Å². The number of aromatic nitrogens is 2. The third-order valence-electron chi connectivity index (χ3n) is 5.64. The largest absolute Gasteiger partial charge is 0.368 e. The second kappa shape index (κ2) is 6.72. The number of rotatable bonds is 2. The molecule has 0 spiro atoms. The first-order valence-electron chi connectivity index (χ1n) is 9.51. The summed E-state index contributed by atoms with van der Waals surface area (Å²) in [5, 5.41) is 0. The molecule has 1 amide bonds. The molecule has 4 rings (SSSR count). The second-order valence-corrected chi connectivity index (χ2v) is 7.48. The standard InChI is InChI=1S/C22H26N4O/c1-15-8-9-26-20(14-15)23-18(4)21(26)22(27)25-12-10-24(11-13-25)19-7-5-6-16(2)17(19)3/h5-9,14H,10-13H2,1-4H3. The minimum Gasteiger partial charge on any atom is -0.368 e. The van der Waals surface area contributed by atoms with Gasteiger partial charge in [-0.1, -0.05) is 12.1 Å². The molecule has 1 aliphatic heterocycles. The van der Waals surface area contributed by atoms with Crippen molar-refractivity contribution in [2.75, 3.05) is 31.1 Å². The van der Waals surface area contributed by atoms with Crippen LogP contribution in [0.3, 0.4) is 0 Å². The van der Waals surface area contributed by atoms with Crippen LogP contribution < -0.4 is 4.90 Å². The van der Waals surface area contributed by atoms with Gasteiger partial charge in [-0.15, -0.1) is 0 Å². The minimum absolute atomic E-state index is 0.0736. The third kappa shape index (κ3) is 3.07. The molecule has 0 bridgehead atoms. The fourth-order valence-corrected chi connectivity index (χ4v) is 3.90. The Balaban J connectivity index is 1.54. The van der Waals surface area contributed by atoms with Gasteiger partial charge in [-0.05, 0) is 62.6 Å². The molecule has 0 N–H and O–H groups in total. The summed E-state index contributed by atoms with van der Waals surface area (Å²) in [4.78, 5) is 22.1. The molecule has 1 saturated heterocycles. The van der Waals surface area contributed by atoms with Crippen LogP contribution in [0, 0.1) is 27.7 Å². The number of pyridine rings is 1. The van der Waals surface area contributed by atoms with Crippen molar-refractivity contribution in [3.63, 3.8) is 0 Å². The molecule has 2 aromatic heterocycles. The van der Waals surface area contributed by atoms with Crippen molar-refractivity contribution in [3.05, 3.63) is 64.6 Å². The van der Waals surface area contributed by atoms with E-state index in [0.29, 0.717) is 5.69 Å². The van der Waals surface area contributed by atoms with E-state index in [4.69, 9.17) is 0 Å². The van der Waals surface area contributed by atoms with Crippen molar-refractivity contribution in [1.29, 1.82) is 0 Å². The summed E-state index contributed by atoms with van der Waals surface area (Å²) in [6, 6.07) is 10.5. The fourth-order valence-electron chi connectivity index (χ4n) is 3.90. The molecule has 1 aromatic carbocycles. The summed E-state index contributed by atoms with van der Waals surface area (Å²) < 4.78 is 1.92. The highest BCUT2D eigenvalue weighted by atomic mass is 16.2. The number of carbonyl (C=O) groups excluding carboxylic acids is 1. The topological polar surface area (TPSA) is 40.9 Å². The lowest BCUT2D eigenvalue weighted by Crippen LogP contribution is -2.49. The quantitative estimate of drug-likeness (QED) is 0.700. The molecule has 0 radical (unpaired) electrons. The van der Waals surface area contributed by atoms with Gasteiger partial charge in [0.05, 0.1) is 5.69 Å². The Kier molecular flexibility index (Phi) is 4.38. The van der Waals surface area contributed by atoms with Gasteiger partial charge in [0, 0.05) is 38.1 Å². The summed E-state index contributed by atoms with van der Waals surface area (Å²) in [5.41, 5.74) is 7.38. The molecule has 1 fully saturated rings. The Bertz CT molecular complexity index is 1010. The van der Waals surface area contributed by atoms with Crippen LogP contribution in [-0.4, -0.2) is 46.4 Å². The van der Waals surface area contributed by atoms with Gasteiger partial charge in [0.2, 0.25) is 0 Å². The first-order chi connectivity index (χ1) is 13.0. The van der Waals surface area contributed by atoms with E-state index in [2.05, 4.69) is 41.9 Å². The van der Waals surface area contributed by atoms with Gasteiger partial charge >= 0.3 is 0 Å². The number of fused-ring (bicyclic) bond motifs is 1. The first-order valence-corrected chi connectivity index (χ1v) is 9.51. The maximum atomic E-state index is 13.2. The molecule has 140 valence electrons. The lowest BCUT2D eigenvalue weighted by molar-refractivity contribution is 0.0739. The van der Waals surface area contributed by atoms with Crippen molar-refractivity contribution in [3.8, 4) is 0 Å². The van der Waals surface area contributed by atoms with Crippen LogP contribution in [0.15, 0.2) is 36.5 Å². The number of amides is 1. The Hall–Kier alpha value is -2.82. The van der Waals surface area contributed by atoms with Crippen molar-refractivity contribution < 1.29 is 4.79 Å². The highest BCUT2D eigenvalue weighted by Gasteiger charge is 2.26. The number of carbonyl (C=O) groups is 1. The van der Waals surface area contributed by atoms with Crippen molar-refractivity contribution in [1.82, 2.24) is 14.3 Å². The molecule has 0 aliphatic carbocycles. The van der Waals surface area contributed by atoms with Crippen molar-refractivity contribution in [2.24, 2.45) is 0 Å². The molecule has 1 aliphatic rings. The zero-order valence-electron chi connectivity index (χ0n) is 16.5. The SMILES string of the molecule is Cc1ccn2c(C(=O)N3CCN(c4cccc(C)c4C)CC3)c(C)nc2c1. The first kappa shape index (κ1) is 17.6. The van der Waals surface area contributed by atoms with Crippen LogP contribution in [0.5, 0.6) is 0 Å². The number of piperazine rings is 1. The smallest absolute Gasteiger partial charge is 0.272 e. The number of hydrogen-bond acceptors (Lipinski definition) is 3. The fraction of sp³-hybridized carbons (Fsp3) is 0.364. The predicted molar refractivity (Wildman–Crippen MR) is 109 cm³/mol. The zero-order chi connectivity index (χ0) is 19.1. The summed E-state index contributed by atoms with van der Waals surface area (Å²) in [7, 11) is 0. The summed E-state index contributed by atoms with van der Waals surface area (Å²) >= 11 is 0. The van der Waals surface area contributed by atoms with Crippen LogP contribution >= 0.6 is 0 Å². The zero-order valence-corrected chi connectivity index (χ0v) is 16.5. The second-order valence-electron chi connectivity index (χ2n) is 7.48. The van der Waals surface area contributed by atoms with E-state index >= 15 is 0 Å². The predicted octanol–water partition coefficient (Wildman–Crippen LogP) is 3.53. The number of benzene rings is 1. The van der Waals surface area contributed by atoms with E-state index in [-0.39, 0.29) is 5.91 Å². The highest BCUT2D eigenvalue weighted by molar-refractivity contribution is 5.95. The van der Waals surface area contributed by atoms with Gasteiger partial charge < -0.3 is 9.80 Å². The van der Waals surface area contributed by atoms with Gasteiger partial charge in [-0.25, -0.2) is 4.98 Å². The summed E-state index contributed by atoms with van der Waals surface area (Å²) in [6.45, 7) is 11.4. The number of hydrogen-bond donors (Lipinski definition) is 0. The van der Waals surface area contributed by atoms with Gasteiger partial charge in [0.15, 0.2) is 0 Å². The average molecular weight is 362 g/mol. The van der Waals surface area contributed by atoms with Gasteiger partial charge in [0.25, 0.3) is 5.91 Å². The Morgan fingerprint density at radius 3 is 2.48 bits per heavy atom. The lowest BCUT2D eigenvalue weighted by atomic mass is 10.1. The number of nitrogens with zero attached hydrogens (tertiary/aromatic N) is 4. The minimum atomic E-state index is 0.0736. The Labute approximate surface area is 160 Å². The van der Waals surface area contributed by atoms with Crippen LogP contribution in [0.2, 0.25) is 0 Å². The van der Waals surface area contributed by atoms with Crippen molar-refractivity contribution >= 4 is 17.2 Å². The van der Waals surface area contributed by atoms with E-state index in [1.54, 1.807) is 0 Å². The molecule has 3 aromatic rings. The Morgan fingerprint density at radius 2 is 1.74 bits per heavy atom. The normalized spacial score (nSPS) is 14.8. The van der Waals surface area contributed by atoms with Gasteiger partial charge in [-0.3, -0.25) is 9.20 Å². The number of anilines is 1. The average Bonchev–Trinajstić information content (AvgIpc) is 2.98. The van der Waals surface area contributed by atoms with E-state index in [1.165, 1.54) is 16.8 Å². The number of imidazole rings is 1. The molecular weight excluding hydrogens is 336 g/mol. The van der Waals surface area contributed by atoms with E-state index in [0.717, 1.165) is 43.1 Å². The molecule has 5 nitrogen and oxygen atoms in total.